The lowest BCUT2D eigenvalue weighted by atomic mass is 10.1. The third kappa shape index (κ3) is 5.28. The van der Waals surface area contributed by atoms with Crippen molar-refractivity contribution in [2.75, 3.05) is 20.1 Å². The predicted octanol–water partition coefficient (Wildman–Crippen LogP) is 1.24. The van der Waals surface area contributed by atoms with E-state index in [1.54, 1.807) is 0 Å². The normalized spacial score (nSPS) is 12.4. The number of rotatable bonds is 5. The number of nitrogens with one attached hydrogen (secondary N) is 1. The van der Waals surface area contributed by atoms with Crippen molar-refractivity contribution in [3.8, 4) is 0 Å². The highest BCUT2D eigenvalue weighted by atomic mass is 15.2. The molecule has 1 aromatic rings. The quantitative estimate of drug-likeness (QED) is 0.817. The third-order valence-electron chi connectivity index (χ3n) is 2.36. The molecule has 0 aromatic carbocycles. The minimum atomic E-state index is 0.204. The molecule has 0 saturated carbocycles. The standard InChI is InChI=1S/C12H24N4/c1-12(2,3)13-6-7-15(4)9-11-8-14-16(5)10-11/h8,10,13H,6-7,9H2,1-5H3. The van der Waals surface area contributed by atoms with Crippen LogP contribution in [0.15, 0.2) is 12.4 Å². The molecule has 1 heterocycles. The number of hydrogen-bond donors (Lipinski definition) is 1. The predicted molar refractivity (Wildman–Crippen MR) is 67.3 cm³/mol. The number of nitrogens with zero attached hydrogens (tertiary/aromatic N) is 3. The zero-order valence-electron chi connectivity index (χ0n) is 11.1. The van der Waals surface area contributed by atoms with Crippen molar-refractivity contribution in [2.45, 2.75) is 32.9 Å². The summed E-state index contributed by atoms with van der Waals surface area (Å²) in [5, 5.41) is 7.64. The number of aryl methyl sites for hydroxylation is 1. The van der Waals surface area contributed by atoms with Crippen LogP contribution in [0.5, 0.6) is 0 Å². The van der Waals surface area contributed by atoms with Gasteiger partial charge in [0.25, 0.3) is 0 Å². The Morgan fingerprint density at radius 3 is 2.62 bits per heavy atom. The second-order valence-corrected chi connectivity index (χ2v) is 5.44. The van der Waals surface area contributed by atoms with Gasteiger partial charge in [-0.05, 0) is 27.8 Å². The van der Waals surface area contributed by atoms with E-state index >= 15 is 0 Å². The van der Waals surface area contributed by atoms with Gasteiger partial charge in [-0.3, -0.25) is 4.68 Å². The van der Waals surface area contributed by atoms with Gasteiger partial charge in [0, 0.05) is 44.0 Å². The van der Waals surface area contributed by atoms with Gasteiger partial charge in [-0.2, -0.15) is 5.10 Å². The summed E-state index contributed by atoms with van der Waals surface area (Å²) in [5.74, 6) is 0. The van der Waals surface area contributed by atoms with Crippen molar-refractivity contribution >= 4 is 0 Å². The van der Waals surface area contributed by atoms with E-state index in [0.29, 0.717) is 0 Å². The van der Waals surface area contributed by atoms with Crippen LogP contribution in [0, 0.1) is 0 Å². The van der Waals surface area contributed by atoms with Gasteiger partial charge < -0.3 is 10.2 Å². The van der Waals surface area contributed by atoms with Crippen molar-refractivity contribution in [1.82, 2.24) is 20.0 Å². The molecule has 0 aliphatic carbocycles. The average molecular weight is 224 g/mol. The maximum absolute atomic E-state index is 4.16. The molecule has 1 N–H and O–H groups in total. The smallest absolute Gasteiger partial charge is 0.0534 e. The number of aromatic nitrogens is 2. The third-order valence-corrected chi connectivity index (χ3v) is 2.36. The Hall–Kier alpha value is -0.870. The Labute approximate surface area is 98.6 Å². The van der Waals surface area contributed by atoms with E-state index in [2.05, 4.69) is 49.3 Å². The molecule has 0 aliphatic rings. The summed E-state index contributed by atoms with van der Waals surface area (Å²) >= 11 is 0. The monoisotopic (exact) mass is 224 g/mol. The summed E-state index contributed by atoms with van der Waals surface area (Å²) in [6.07, 6.45) is 3.99. The van der Waals surface area contributed by atoms with Crippen molar-refractivity contribution < 1.29 is 0 Å². The average Bonchev–Trinajstić information content (AvgIpc) is 2.48. The van der Waals surface area contributed by atoms with Crippen molar-refractivity contribution in [2.24, 2.45) is 7.05 Å². The van der Waals surface area contributed by atoms with Crippen LogP contribution >= 0.6 is 0 Å². The summed E-state index contributed by atoms with van der Waals surface area (Å²) in [6.45, 7) is 9.59. The van der Waals surface area contributed by atoms with E-state index in [9.17, 15) is 0 Å². The second kappa shape index (κ2) is 5.46. The maximum Gasteiger partial charge on any atom is 0.0534 e. The lowest BCUT2D eigenvalue weighted by Crippen LogP contribution is -2.40. The lowest BCUT2D eigenvalue weighted by Gasteiger charge is -2.23. The molecule has 1 aromatic heterocycles. The summed E-state index contributed by atoms with van der Waals surface area (Å²) < 4.78 is 1.84. The Morgan fingerprint density at radius 1 is 1.44 bits per heavy atom. The Morgan fingerprint density at radius 2 is 2.12 bits per heavy atom. The van der Waals surface area contributed by atoms with Crippen molar-refractivity contribution in [3.05, 3.63) is 18.0 Å². The summed E-state index contributed by atoms with van der Waals surface area (Å²) in [4.78, 5) is 2.30. The molecule has 0 atom stereocenters. The summed E-state index contributed by atoms with van der Waals surface area (Å²) in [5.41, 5.74) is 1.47. The largest absolute Gasteiger partial charge is 0.311 e. The molecule has 16 heavy (non-hydrogen) atoms. The first-order valence-corrected chi connectivity index (χ1v) is 5.78. The highest BCUT2D eigenvalue weighted by Gasteiger charge is 2.08. The van der Waals surface area contributed by atoms with Crippen LogP contribution in [0.2, 0.25) is 0 Å². The molecule has 4 nitrogen and oxygen atoms in total. The van der Waals surface area contributed by atoms with Gasteiger partial charge >= 0.3 is 0 Å². The molecule has 0 bridgehead atoms. The SMILES string of the molecule is CN(CCNC(C)(C)C)Cc1cnn(C)c1. The van der Waals surface area contributed by atoms with E-state index in [4.69, 9.17) is 0 Å². The summed E-state index contributed by atoms with van der Waals surface area (Å²) in [7, 11) is 4.09. The first-order valence-electron chi connectivity index (χ1n) is 5.78. The fourth-order valence-electron chi connectivity index (χ4n) is 1.57. The molecule has 0 radical (unpaired) electrons. The van der Waals surface area contributed by atoms with Crippen LogP contribution in [0.3, 0.4) is 0 Å². The number of hydrogen-bond acceptors (Lipinski definition) is 3. The van der Waals surface area contributed by atoms with E-state index in [0.717, 1.165) is 19.6 Å². The molecule has 4 heteroatoms. The molecule has 1 rings (SSSR count). The molecule has 0 aliphatic heterocycles. The van der Waals surface area contributed by atoms with Gasteiger partial charge in [0.05, 0.1) is 6.20 Å². The van der Waals surface area contributed by atoms with E-state index < -0.39 is 0 Å². The van der Waals surface area contributed by atoms with E-state index in [-0.39, 0.29) is 5.54 Å². The van der Waals surface area contributed by atoms with Crippen molar-refractivity contribution in [3.63, 3.8) is 0 Å². The molecule has 0 amide bonds. The van der Waals surface area contributed by atoms with Gasteiger partial charge in [-0.1, -0.05) is 0 Å². The second-order valence-electron chi connectivity index (χ2n) is 5.44. The first-order chi connectivity index (χ1) is 7.37. The Balaban J connectivity index is 2.23. The van der Waals surface area contributed by atoms with E-state index in [1.807, 2.05) is 17.9 Å². The molecule has 0 saturated heterocycles. The molecular weight excluding hydrogens is 200 g/mol. The van der Waals surface area contributed by atoms with Crippen LogP contribution in [-0.4, -0.2) is 40.4 Å². The molecular formula is C12H24N4. The lowest BCUT2D eigenvalue weighted by molar-refractivity contribution is 0.303. The number of likely N-dealkylation sites (N-methyl/N-ethyl adjacent to an activating group) is 1. The molecule has 92 valence electrons. The van der Waals surface area contributed by atoms with Crippen LogP contribution in [0.4, 0.5) is 0 Å². The maximum atomic E-state index is 4.16. The zero-order valence-corrected chi connectivity index (χ0v) is 11.1. The van der Waals surface area contributed by atoms with Crippen LogP contribution in [0.1, 0.15) is 26.3 Å². The fraction of sp³-hybridized carbons (Fsp3) is 0.750. The fourth-order valence-corrected chi connectivity index (χ4v) is 1.57. The van der Waals surface area contributed by atoms with Crippen LogP contribution in [0.25, 0.3) is 0 Å². The van der Waals surface area contributed by atoms with Crippen LogP contribution in [-0.2, 0) is 13.6 Å². The minimum absolute atomic E-state index is 0.204. The zero-order chi connectivity index (χ0) is 12.2. The highest BCUT2D eigenvalue weighted by molar-refractivity contribution is 5.02. The van der Waals surface area contributed by atoms with Gasteiger partial charge in [0.2, 0.25) is 0 Å². The Kier molecular flexibility index (Phi) is 4.50. The van der Waals surface area contributed by atoms with Gasteiger partial charge in [0.15, 0.2) is 0 Å². The van der Waals surface area contributed by atoms with Crippen LogP contribution < -0.4 is 5.32 Å². The first kappa shape index (κ1) is 13.2. The molecule has 0 fully saturated rings. The summed E-state index contributed by atoms with van der Waals surface area (Å²) in [6, 6.07) is 0. The highest BCUT2D eigenvalue weighted by Crippen LogP contribution is 2.01. The molecule has 0 spiro atoms. The van der Waals surface area contributed by atoms with Gasteiger partial charge in [0.1, 0.15) is 0 Å². The van der Waals surface area contributed by atoms with Gasteiger partial charge in [-0.15, -0.1) is 0 Å². The van der Waals surface area contributed by atoms with E-state index in [1.165, 1.54) is 5.56 Å². The topological polar surface area (TPSA) is 33.1 Å². The van der Waals surface area contributed by atoms with Gasteiger partial charge in [-0.25, -0.2) is 0 Å². The van der Waals surface area contributed by atoms with Crippen molar-refractivity contribution in [1.29, 1.82) is 0 Å². The Bertz CT molecular complexity index is 311. The molecule has 0 unspecified atom stereocenters. The minimum Gasteiger partial charge on any atom is -0.311 e.